The predicted molar refractivity (Wildman–Crippen MR) is 65.6 cm³/mol. The van der Waals surface area contributed by atoms with E-state index in [1.54, 1.807) is 24.3 Å². The van der Waals surface area contributed by atoms with E-state index in [9.17, 15) is 9.59 Å². The van der Waals surface area contributed by atoms with E-state index in [0.717, 1.165) is 5.56 Å². The Hall–Kier alpha value is -2.36. The molecule has 0 fully saturated rings. The number of carbonyl (C=O) groups is 2. The van der Waals surface area contributed by atoms with Crippen LogP contribution in [0.5, 0.6) is 0 Å². The number of aromatic carboxylic acids is 1. The molecule has 0 aromatic heterocycles. The molecule has 4 nitrogen and oxygen atoms in total. The molecule has 0 bridgehead atoms. The summed E-state index contributed by atoms with van der Waals surface area (Å²) in [6.45, 7) is 0. The van der Waals surface area contributed by atoms with Crippen LogP contribution in [-0.4, -0.2) is 22.2 Å². The van der Waals surface area contributed by atoms with Crippen molar-refractivity contribution >= 4 is 11.9 Å². The molecule has 0 amide bonds. The highest BCUT2D eigenvalue weighted by molar-refractivity contribution is 5.88. The second-order valence-electron chi connectivity index (χ2n) is 4.12. The number of allylic oxidation sites excluding steroid dienone is 3. The molecule has 0 saturated heterocycles. The second-order valence-corrected chi connectivity index (χ2v) is 4.12. The molecule has 1 atom stereocenters. The average Bonchev–Trinajstić information content (AvgIpc) is 2.39. The highest BCUT2D eigenvalue weighted by Gasteiger charge is 2.18. The lowest BCUT2D eigenvalue weighted by atomic mass is 9.88. The monoisotopic (exact) mass is 244 g/mol. The van der Waals surface area contributed by atoms with Crippen molar-refractivity contribution in [2.45, 2.75) is 12.3 Å². The molecule has 1 aliphatic rings. The van der Waals surface area contributed by atoms with Crippen LogP contribution in [0.25, 0.3) is 0 Å². The molecule has 1 aromatic rings. The van der Waals surface area contributed by atoms with Crippen LogP contribution < -0.4 is 0 Å². The van der Waals surface area contributed by atoms with Gasteiger partial charge in [0.1, 0.15) is 0 Å². The Morgan fingerprint density at radius 1 is 1.06 bits per heavy atom. The summed E-state index contributed by atoms with van der Waals surface area (Å²) < 4.78 is 0. The number of aliphatic carboxylic acids is 1. The minimum absolute atomic E-state index is 0.0102. The lowest BCUT2D eigenvalue weighted by molar-refractivity contribution is -0.132. The van der Waals surface area contributed by atoms with Gasteiger partial charge in [-0.05, 0) is 24.1 Å². The molecule has 18 heavy (non-hydrogen) atoms. The fourth-order valence-corrected chi connectivity index (χ4v) is 1.94. The van der Waals surface area contributed by atoms with Crippen molar-refractivity contribution in [3.8, 4) is 0 Å². The SMILES string of the molecule is O=C(O)C1=CC=CC(c2ccc(C(=O)O)cc2)C1. The summed E-state index contributed by atoms with van der Waals surface area (Å²) in [7, 11) is 0. The molecule has 1 aromatic carbocycles. The average molecular weight is 244 g/mol. The zero-order valence-corrected chi connectivity index (χ0v) is 9.54. The summed E-state index contributed by atoms with van der Waals surface area (Å²) in [6, 6.07) is 6.51. The maximum Gasteiger partial charge on any atom is 0.335 e. The predicted octanol–water partition coefficient (Wildman–Crippen LogP) is 2.44. The van der Waals surface area contributed by atoms with Crippen LogP contribution in [0.1, 0.15) is 28.3 Å². The third-order valence-electron chi connectivity index (χ3n) is 2.94. The molecule has 2 N–H and O–H groups in total. The highest BCUT2D eigenvalue weighted by atomic mass is 16.4. The largest absolute Gasteiger partial charge is 0.478 e. The first-order valence-electron chi connectivity index (χ1n) is 5.52. The Kier molecular flexibility index (Phi) is 3.28. The van der Waals surface area contributed by atoms with E-state index in [4.69, 9.17) is 10.2 Å². The molecule has 1 aliphatic carbocycles. The smallest absolute Gasteiger partial charge is 0.335 e. The Bertz CT molecular complexity index is 537. The number of carboxylic acid groups (broad SMARTS) is 2. The maximum absolute atomic E-state index is 10.9. The van der Waals surface area contributed by atoms with Crippen LogP contribution in [-0.2, 0) is 4.79 Å². The minimum atomic E-state index is -0.966. The Labute approximate surface area is 104 Å². The minimum Gasteiger partial charge on any atom is -0.478 e. The first-order valence-corrected chi connectivity index (χ1v) is 5.52. The number of rotatable bonds is 3. The van der Waals surface area contributed by atoms with Crippen LogP contribution in [0, 0.1) is 0 Å². The number of hydrogen-bond donors (Lipinski definition) is 2. The van der Waals surface area contributed by atoms with Crippen molar-refractivity contribution in [3.63, 3.8) is 0 Å². The van der Waals surface area contributed by atoms with E-state index in [1.807, 2.05) is 6.08 Å². The Morgan fingerprint density at radius 2 is 1.72 bits per heavy atom. The van der Waals surface area contributed by atoms with Gasteiger partial charge in [-0.25, -0.2) is 9.59 Å². The molecule has 1 unspecified atom stereocenters. The molecule has 0 heterocycles. The molecular formula is C14H12O4. The van der Waals surface area contributed by atoms with Gasteiger partial charge in [0.05, 0.1) is 5.56 Å². The van der Waals surface area contributed by atoms with Gasteiger partial charge in [0, 0.05) is 11.5 Å². The summed E-state index contributed by atoms with van der Waals surface area (Å²) in [5.41, 5.74) is 1.51. The zero-order chi connectivity index (χ0) is 13.1. The van der Waals surface area contributed by atoms with Gasteiger partial charge in [-0.15, -0.1) is 0 Å². The van der Waals surface area contributed by atoms with Crippen LogP contribution in [0.2, 0.25) is 0 Å². The van der Waals surface area contributed by atoms with Gasteiger partial charge in [0.25, 0.3) is 0 Å². The Balaban J connectivity index is 2.19. The normalized spacial score (nSPS) is 18.2. The zero-order valence-electron chi connectivity index (χ0n) is 9.54. The van der Waals surface area contributed by atoms with Crippen molar-refractivity contribution in [2.75, 3.05) is 0 Å². The molecule has 92 valence electrons. The van der Waals surface area contributed by atoms with Gasteiger partial charge in [-0.1, -0.05) is 30.4 Å². The lowest BCUT2D eigenvalue weighted by Crippen LogP contribution is -2.08. The van der Waals surface area contributed by atoms with E-state index in [0.29, 0.717) is 12.0 Å². The highest BCUT2D eigenvalue weighted by Crippen LogP contribution is 2.28. The van der Waals surface area contributed by atoms with Crippen LogP contribution in [0.15, 0.2) is 48.1 Å². The van der Waals surface area contributed by atoms with E-state index in [1.165, 1.54) is 12.1 Å². The molecule has 0 radical (unpaired) electrons. The topological polar surface area (TPSA) is 74.6 Å². The van der Waals surface area contributed by atoms with Crippen LogP contribution in [0.4, 0.5) is 0 Å². The summed E-state index contributed by atoms with van der Waals surface area (Å²) in [6.07, 6.45) is 5.66. The second kappa shape index (κ2) is 4.87. The van der Waals surface area contributed by atoms with Gasteiger partial charge in [0.2, 0.25) is 0 Å². The maximum atomic E-state index is 10.9. The molecule has 2 rings (SSSR count). The number of benzene rings is 1. The standard InChI is InChI=1S/C14H12O4/c15-13(16)10-6-4-9(5-7-10)11-2-1-3-12(8-11)14(17)18/h1-7,11H,8H2,(H,15,16)(H,17,18). The molecule has 4 heteroatoms. The van der Waals surface area contributed by atoms with Crippen molar-refractivity contribution in [3.05, 3.63) is 59.2 Å². The third kappa shape index (κ3) is 2.48. The molecule has 0 spiro atoms. The summed E-state index contributed by atoms with van der Waals surface area (Å²) in [5, 5.41) is 17.7. The summed E-state index contributed by atoms with van der Waals surface area (Å²) in [4.78, 5) is 21.6. The van der Waals surface area contributed by atoms with E-state index in [2.05, 4.69) is 0 Å². The lowest BCUT2D eigenvalue weighted by Gasteiger charge is -2.16. The van der Waals surface area contributed by atoms with E-state index >= 15 is 0 Å². The fraction of sp³-hybridized carbons (Fsp3) is 0.143. The number of carboxylic acids is 2. The van der Waals surface area contributed by atoms with Crippen LogP contribution >= 0.6 is 0 Å². The van der Waals surface area contributed by atoms with Crippen molar-refractivity contribution in [1.82, 2.24) is 0 Å². The third-order valence-corrected chi connectivity index (χ3v) is 2.94. The van der Waals surface area contributed by atoms with Gasteiger partial charge in [0.15, 0.2) is 0 Å². The quantitative estimate of drug-likeness (QED) is 0.856. The van der Waals surface area contributed by atoms with Gasteiger partial charge >= 0.3 is 11.9 Å². The van der Waals surface area contributed by atoms with E-state index < -0.39 is 11.9 Å². The van der Waals surface area contributed by atoms with Crippen LogP contribution in [0.3, 0.4) is 0 Å². The number of hydrogen-bond acceptors (Lipinski definition) is 2. The van der Waals surface area contributed by atoms with E-state index in [-0.39, 0.29) is 11.5 Å². The fourth-order valence-electron chi connectivity index (χ4n) is 1.94. The van der Waals surface area contributed by atoms with Crippen molar-refractivity contribution < 1.29 is 19.8 Å². The van der Waals surface area contributed by atoms with Gasteiger partial charge in [-0.2, -0.15) is 0 Å². The molecule has 0 saturated carbocycles. The first kappa shape index (κ1) is 12.1. The van der Waals surface area contributed by atoms with Crippen molar-refractivity contribution in [2.24, 2.45) is 0 Å². The van der Waals surface area contributed by atoms with Crippen molar-refractivity contribution in [1.29, 1.82) is 0 Å². The summed E-state index contributed by atoms with van der Waals surface area (Å²) >= 11 is 0. The van der Waals surface area contributed by atoms with Gasteiger partial charge < -0.3 is 10.2 Å². The molecule has 0 aliphatic heterocycles. The molecular weight excluding hydrogens is 232 g/mol. The van der Waals surface area contributed by atoms with Gasteiger partial charge in [-0.3, -0.25) is 0 Å². The Morgan fingerprint density at radius 3 is 2.28 bits per heavy atom. The summed E-state index contributed by atoms with van der Waals surface area (Å²) in [5.74, 6) is -1.89. The first-order chi connectivity index (χ1) is 8.58.